The van der Waals surface area contributed by atoms with Crippen molar-refractivity contribution < 1.29 is 0 Å². The predicted octanol–water partition coefficient (Wildman–Crippen LogP) is 13.6. The third-order valence-electron chi connectivity index (χ3n) is 9.71. The van der Waals surface area contributed by atoms with Gasteiger partial charge in [-0.15, -0.1) is 0 Å². The number of benzene rings is 7. The van der Waals surface area contributed by atoms with Crippen molar-refractivity contribution in [2.45, 2.75) is 27.7 Å². The minimum atomic E-state index is 0.626. The Labute approximate surface area is 306 Å². The van der Waals surface area contributed by atoms with Gasteiger partial charge in [-0.25, -0.2) is 4.85 Å². The maximum atomic E-state index is 9.37. The zero-order chi connectivity index (χ0) is 36.2. The lowest BCUT2D eigenvalue weighted by molar-refractivity contribution is 1.25. The van der Waals surface area contributed by atoms with Gasteiger partial charge in [-0.1, -0.05) is 66.7 Å². The van der Waals surface area contributed by atoms with Gasteiger partial charge in [-0.2, -0.15) is 5.26 Å². The minimum absolute atomic E-state index is 0.626. The van der Waals surface area contributed by atoms with Crippen LogP contribution in [0, 0.1) is 45.6 Å². The van der Waals surface area contributed by atoms with Gasteiger partial charge in [0, 0.05) is 34.1 Å². The molecule has 250 valence electrons. The normalized spacial score (nSPS) is 11.0. The molecule has 0 aliphatic carbocycles. The van der Waals surface area contributed by atoms with Gasteiger partial charge in [0.25, 0.3) is 0 Å². The summed E-state index contributed by atoms with van der Waals surface area (Å²) in [5.74, 6) is 0. The summed E-state index contributed by atoms with van der Waals surface area (Å²) in [5, 5.41) is 11.7. The highest BCUT2D eigenvalue weighted by Gasteiger charge is 2.15. The average Bonchev–Trinajstić information content (AvgIpc) is 3.18. The molecule has 7 aromatic rings. The van der Waals surface area contributed by atoms with Gasteiger partial charge >= 0.3 is 0 Å². The smallest absolute Gasteiger partial charge is 0.187 e. The van der Waals surface area contributed by atoms with Crippen LogP contribution in [0.25, 0.3) is 27.8 Å². The fraction of sp³-hybridized carbons (Fsp3) is 0.0833. The van der Waals surface area contributed by atoms with Gasteiger partial charge < -0.3 is 9.80 Å². The van der Waals surface area contributed by atoms with E-state index in [9.17, 15) is 5.26 Å². The van der Waals surface area contributed by atoms with Gasteiger partial charge in [0.05, 0.1) is 18.2 Å². The Morgan fingerprint density at radius 1 is 0.462 bits per heavy atom. The molecule has 0 aliphatic rings. The molecule has 4 nitrogen and oxygen atoms in total. The van der Waals surface area contributed by atoms with Crippen molar-refractivity contribution in [3.63, 3.8) is 0 Å². The summed E-state index contributed by atoms with van der Waals surface area (Å²) in [4.78, 5) is 8.05. The first-order chi connectivity index (χ1) is 25.3. The van der Waals surface area contributed by atoms with Crippen LogP contribution in [0.1, 0.15) is 38.9 Å². The molecular formula is C48H38N4. The maximum absolute atomic E-state index is 9.37. The molecule has 0 radical (unpaired) electrons. The lowest BCUT2D eigenvalue weighted by Crippen LogP contribution is -2.10. The second kappa shape index (κ2) is 14.5. The molecule has 7 aromatic carbocycles. The van der Waals surface area contributed by atoms with Gasteiger partial charge in [0.15, 0.2) is 5.69 Å². The van der Waals surface area contributed by atoms with E-state index in [0.29, 0.717) is 11.3 Å². The molecule has 0 N–H and O–H groups in total. The fourth-order valence-electron chi connectivity index (χ4n) is 6.41. The van der Waals surface area contributed by atoms with E-state index < -0.39 is 0 Å². The molecular weight excluding hydrogens is 633 g/mol. The number of nitriles is 1. The molecule has 7 rings (SSSR count). The van der Waals surface area contributed by atoms with Gasteiger partial charge in [0.1, 0.15) is 0 Å². The summed E-state index contributed by atoms with van der Waals surface area (Å²) < 4.78 is 0. The zero-order valence-electron chi connectivity index (χ0n) is 29.8. The standard InChI is InChI=1S/C48H38N4/c1-33-6-19-46(28-35(33)3)51(45-26-17-42(50-5)18-27-45)43-21-11-37(12-22-43)8-9-38-10-15-41-31-48(25-16-40(41)30-38)52(44-23-13-39(32-49)14-24-44)47-20-7-34(2)36(4)29-47/h6-31H,1-4H3/b9-8+. The molecule has 0 heterocycles. The summed E-state index contributed by atoms with van der Waals surface area (Å²) in [5.41, 5.74) is 14.7. The van der Waals surface area contributed by atoms with Crippen LogP contribution in [0.2, 0.25) is 0 Å². The molecule has 0 unspecified atom stereocenters. The van der Waals surface area contributed by atoms with E-state index >= 15 is 0 Å². The van der Waals surface area contributed by atoms with Crippen molar-refractivity contribution >= 4 is 62.7 Å². The highest BCUT2D eigenvalue weighted by atomic mass is 15.1. The predicted molar refractivity (Wildman–Crippen MR) is 219 cm³/mol. The van der Waals surface area contributed by atoms with Crippen molar-refractivity contribution in [2.75, 3.05) is 9.80 Å². The largest absolute Gasteiger partial charge is 0.311 e. The van der Waals surface area contributed by atoms with Crippen LogP contribution in [0.15, 0.2) is 146 Å². The van der Waals surface area contributed by atoms with Crippen molar-refractivity contribution in [1.29, 1.82) is 5.26 Å². The van der Waals surface area contributed by atoms with Crippen LogP contribution in [0.4, 0.5) is 39.8 Å². The number of hydrogen-bond acceptors (Lipinski definition) is 3. The van der Waals surface area contributed by atoms with Crippen LogP contribution < -0.4 is 9.80 Å². The maximum Gasteiger partial charge on any atom is 0.187 e. The second-order valence-corrected chi connectivity index (χ2v) is 13.2. The number of rotatable bonds is 8. The van der Waals surface area contributed by atoms with E-state index in [1.807, 2.05) is 48.5 Å². The summed E-state index contributed by atoms with van der Waals surface area (Å²) in [6.07, 6.45) is 4.31. The van der Waals surface area contributed by atoms with Crippen LogP contribution in [-0.2, 0) is 0 Å². The Morgan fingerprint density at radius 2 is 0.885 bits per heavy atom. The number of hydrogen-bond donors (Lipinski definition) is 0. The molecule has 0 spiro atoms. The van der Waals surface area contributed by atoms with E-state index in [1.54, 1.807) is 0 Å². The monoisotopic (exact) mass is 670 g/mol. The number of anilines is 6. The summed E-state index contributed by atoms with van der Waals surface area (Å²) in [6, 6.07) is 52.5. The van der Waals surface area contributed by atoms with E-state index in [4.69, 9.17) is 6.57 Å². The fourth-order valence-corrected chi connectivity index (χ4v) is 6.41. The summed E-state index contributed by atoms with van der Waals surface area (Å²) >= 11 is 0. The van der Waals surface area contributed by atoms with Crippen LogP contribution in [-0.4, -0.2) is 0 Å². The quantitative estimate of drug-likeness (QED) is 0.119. The summed E-state index contributed by atoms with van der Waals surface area (Å²) in [7, 11) is 0. The van der Waals surface area contributed by atoms with Crippen molar-refractivity contribution in [3.8, 4) is 6.07 Å². The van der Waals surface area contributed by atoms with E-state index in [1.165, 1.54) is 22.3 Å². The molecule has 0 aromatic heterocycles. The molecule has 0 saturated heterocycles. The zero-order valence-corrected chi connectivity index (χ0v) is 29.8. The van der Waals surface area contributed by atoms with Gasteiger partial charge in [-0.05, 0) is 163 Å². The lowest BCUT2D eigenvalue weighted by Gasteiger charge is -2.26. The summed E-state index contributed by atoms with van der Waals surface area (Å²) in [6.45, 7) is 15.9. The Kier molecular flexibility index (Phi) is 9.40. The molecule has 52 heavy (non-hydrogen) atoms. The van der Waals surface area contributed by atoms with Crippen LogP contribution >= 0.6 is 0 Å². The van der Waals surface area contributed by atoms with Crippen molar-refractivity contribution in [1.82, 2.24) is 0 Å². The highest BCUT2D eigenvalue weighted by Crippen LogP contribution is 2.38. The van der Waals surface area contributed by atoms with Gasteiger partial charge in [0.2, 0.25) is 0 Å². The minimum Gasteiger partial charge on any atom is -0.311 e. The number of nitrogens with zero attached hydrogens (tertiary/aromatic N) is 4. The number of fused-ring (bicyclic) bond motifs is 1. The molecule has 4 heteroatoms. The van der Waals surface area contributed by atoms with Crippen LogP contribution in [0.5, 0.6) is 0 Å². The van der Waals surface area contributed by atoms with E-state index in [-0.39, 0.29) is 0 Å². The van der Waals surface area contributed by atoms with Crippen molar-refractivity contribution in [2.24, 2.45) is 0 Å². The van der Waals surface area contributed by atoms with Crippen LogP contribution in [0.3, 0.4) is 0 Å². The molecule has 0 bridgehead atoms. The van der Waals surface area contributed by atoms with E-state index in [0.717, 1.165) is 56.0 Å². The topological polar surface area (TPSA) is 34.6 Å². The first-order valence-electron chi connectivity index (χ1n) is 17.3. The second-order valence-electron chi connectivity index (χ2n) is 13.2. The Morgan fingerprint density at radius 3 is 1.44 bits per heavy atom. The van der Waals surface area contributed by atoms with E-state index in [2.05, 4.69) is 158 Å². The third-order valence-corrected chi connectivity index (χ3v) is 9.71. The highest BCUT2D eigenvalue weighted by molar-refractivity contribution is 5.91. The molecule has 0 atom stereocenters. The Hall–Kier alpha value is -6.88. The first-order valence-corrected chi connectivity index (χ1v) is 17.3. The lowest BCUT2D eigenvalue weighted by atomic mass is 10.0. The Bertz CT molecular complexity index is 2510. The first kappa shape index (κ1) is 33.6. The average molecular weight is 671 g/mol. The SMILES string of the molecule is [C-]#[N+]c1ccc(N(c2ccc(/C=C/c3ccc4cc(N(c5ccc(C#N)cc5)c5ccc(C)c(C)c5)ccc4c3)cc2)c2ccc(C)c(C)c2)cc1. The molecule has 0 amide bonds. The third kappa shape index (κ3) is 7.06. The van der Waals surface area contributed by atoms with Crippen molar-refractivity contribution in [3.05, 3.63) is 196 Å². The molecule has 0 fully saturated rings. The number of aryl methyl sites for hydroxylation is 4. The Balaban J connectivity index is 1.15. The van der Waals surface area contributed by atoms with Gasteiger partial charge in [-0.3, -0.25) is 0 Å². The molecule has 0 aliphatic heterocycles. The molecule has 0 saturated carbocycles.